The van der Waals surface area contributed by atoms with E-state index >= 15 is 0 Å². The number of aromatic nitrogens is 1. The monoisotopic (exact) mass is 325 g/mol. The number of nitrogens with zero attached hydrogens (tertiary/aromatic N) is 1. The molecule has 1 heterocycles. The van der Waals surface area contributed by atoms with Crippen LogP contribution in [0.1, 0.15) is 25.9 Å². The minimum Gasteiger partial charge on any atom is -0.389 e. The van der Waals surface area contributed by atoms with Crippen molar-refractivity contribution in [2.24, 2.45) is 5.73 Å². The molecule has 0 saturated carbocycles. The normalized spacial score (nSPS) is 10.3. The predicted octanol–water partition coefficient (Wildman–Crippen LogP) is 3.30. The quantitative estimate of drug-likeness (QED) is 0.850. The fourth-order valence-corrected chi connectivity index (χ4v) is 2.92. The van der Waals surface area contributed by atoms with E-state index in [1.165, 1.54) is 11.3 Å². The molecule has 0 saturated heterocycles. The summed E-state index contributed by atoms with van der Waals surface area (Å²) >= 11 is 12.2. The summed E-state index contributed by atoms with van der Waals surface area (Å²) in [6, 6.07) is 4.98. The number of hydrogen-bond donors (Lipinski definition) is 2. The fraction of sp³-hybridized carbons (Fsp3) is 0.154. The number of halogens is 1. The van der Waals surface area contributed by atoms with Gasteiger partial charge in [-0.05, 0) is 32.0 Å². The van der Waals surface area contributed by atoms with Crippen molar-refractivity contribution in [1.82, 2.24) is 4.98 Å². The van der Waals surface area contributed by atoms with Crippen LogP contribution < -0.4 is 11.1 Å². The molecule has 0 aliphatic rings. The first-order chi connectivity index (χ1) is 9.38. The number of amides is 1. The molecule has 0 aliphatic heterocycles. The largest absolute Gasteiger partial charge is 0.389 e. The van der Waals surface area contributed by atoms with Gasteiger partial charge in [0, 0.05) is 10.6 Å². The summed E-state index contributed by atoms with van der Waals surface area (Å²) in [5, 5.41) is 4.12. The molecule has 0 aliphatic carbocycles. The summed E-state index contributed by atoms with van der Waals surface area (Å²) in [7, 11) is 0. The van der Waals surface area contributed by atoms with Gasteiger partial charge in [-0.1, -0.05) is 23.8 Å². The lowest BCUT2D eigenvalue weighted by Gasteiger charge is -2.10. The first-order valence-electron chi connectivity index (χ1n) is 5.73. The minimum atomic E-state index is -0.243. The Morgan fingerprint density at radius 1 is 1.45 bits per heavy atom. The fourth-order valence-electron chi connectivity index (χ4n) is 1.76. The van der Waals surface area contributed by atoms with Gasteiger partial charge in [0.1, 0.15) is 9.87 Å². The van der Waals surface area contributed by atoms with Crippen molar-refractivity contribution in [3.05, 3.63) is 44.4 Å². The van der Waals surface area contributed by atoms with Gasteiger partial charge in [-0.25, -0.2) is 4.98 Å². The number of thiazole rings is 1. The molecule has 0 bridgehead atoms. The number of benzene rings is 1. The Morgan fingerprint density at radius 3 is 2.70 bits per heavy atom. The summed E-state index contributed by atoms with van der Waals surface area (Å²) in [5.41, 5.74) is 7.42. The van der Waals surface area contributed by atoms with Gasteiger partial charge in [-0.3, -0.25) is 4.79 Å². The second kappa shape index (κ2) is 5.87. The van der Waals surface area contributed by atoms with Crippen LogP contribution in [0, 0.1) is 13.8 Å². The molecule has 0 spiro atoms. The summed E-state index contributed by atoms with van der Waals surface area (Å²) in [6.07, 6.45) is 0. The second-order valence-electron chi connectivity index (χ2n) is 4.16. The van der Waals surface area contributed by atoms with Crippen LogP contribution in [0.15, 0.2) is 18.2 Å². The third-order valence-corrected chi connectivity index (χ3v) is 4.13. The van der Waals surface area contributed by atoms with E-state index in [9.17, 15) is 4.79 Å². The molecule has 104 valence electrons. The molecule has 2 aromatic rings. The smallest absolute Gasteiger partial charge is 0.267 e. The molecule has 7 heteroatoms. The molecule has 1 amide bonds. The Bertz CT molecular complexity index is 697. The predicted molar refractivity (Wildman–Crippen MR) is 86.9 cm³/mol. The number of anilines is 1. The number of nitrogens with two attached hydrogens (primary N) is 1. The molecule has 1 aromatic heterocycles. The van der Waals surface area contributed by atoms with E-state index in [0.29, 0.717) is 26.8 Å². The van der Waals surface area contributed by atoms with Crippen molar-refractivity contribution in [3.63, 3.8) is 0 Å². The van der Waals surface area contributed by atoms with E-state index in [4.69, 9.17) is 29.6 Å². The summed E-state index contributed by atoms with van der Waals surface area (Å²) < 4.78 is 0. The number of nitrogens with one attached hydrogen (secondary N) is 1. The third-order valence-electron chi connectivity index (χ3n) is 2.61. The zero-order valence-electron chi connectivity index (χ0n) is 10.9. The van der Waals surface area contributed by atoms with Gasteiger partial charge in [0.15, 0.2) is 0 Å². The maximum atomic E-state index is 12.3. The molecule has 0 fully saturated rings. The lowest BCUT2D eigenvalue weighted by atomic mass is 10.1. The molecule has 20 heavy (non-hydrogen) atoms. The van der Waals surface area contributed by atoms with Crippen molar-refractivity contribution in [2.75, 3.05) is 5.32 Å². The van der Waals surface area contributed by atoms with Crippen LogP contribution in [-0.2, 0) is 0 Å². The minimum absolute atomic E-state index is 0.203. The number of hydrogen-bond acceptors (Lipinski definition) is 4. The van der Waals surface area contributed by atoms with Gasteiger partial charge in [0.25, 0.3) is 5.91 Å². The van der Waals surface area contributed by atoms with Crippen molar-refractivity contribution in [1.29, 1.82) is 0 Å². The van der Waals surface area contributed by atoms with Crippen LogP contribution in [0.25, 0.3) is 0 Å². The van der Waals surface area contributed by atoms with E-state index in [0.717, 1.165) is 5.01 Å². The molecule has 0 atom stereocenters. The van der Waals surface area contributed by atoms with E-state index in [1.807, 2.05) is 6.92 Å². The Hall–Kier alpha value is -1.50. The lowest BCUT2D eigenvalue weighted by molar-refractivity contribution is 0.103. The van der Waals surface area contributed by atoms with Crippen molar-refractivity contribution in [2.45, 2.75) is 13.8 Å². The molecule has 0 unspecified atom stereocenters. The molecule has 1 aromatic carbocycles. The van der Waals surface area contributed by atoms with Gasteiger partial charge in [0.05, 0.1) is 16.4 Å². The zero-order chi connectivity index (χ0) is 14.9. The molecule has 0 radical (unpaired) electrons. The highest BCUT2D eigenvalue weighted by Crippen LogP contribution is 2.24. The number of aryl methyl sites for hydroxylation is 2. The average Bonchev–Trinajstić information content (AvgIpc) is 2.68. The number of thiocarbonyl (C=S) groups is 1. The molecule has 2 rings (SSSR count). The third kappa shape index (κ3) is 3.15. The van der Waals surface area contributed by atoms with E-state index in [2.05, 4.69) is 10.3 Å². The standard InChI is InChI=1S/C13H12ClN3OS2/c1-6-11(20-7(2)16-6)13(18)17-10-5-8(14)3-4-9(10)12(15)19/h3-5H,1-2H3,(H2,15,19)(H,17,18). The van der Waals surface area contributed by atoms with Gasteiger partial charge in [-0.15, -0.1) is 11.3 Å². The highest BCUT2D eigenvalue weighted by atomic mass is 35.5. The Balaban J connectivity index is 2.34. The summed E-state index contributed by atoms with van der Waals surface area (Å²) in [6.45, 7) is 3.65. The maximum absolute atomic E-state index is 12.3. The molecule has 3 N–H and O–H groups in total. The van der Waals surface area contributed by atoms with Crippen LogP contribution in [0.4, 0.5) is 5.69 Å². The van der Waals surface area contributed by atoms with Gasteiger partial charge in [0.2, 0.25) is 0 Å². The average molecular weight is 326 g/mol. The highest BCUT2D eigenvalue weighted by molar-refractivity contribution is 7.80. The van der Waals surface area contributed by atoms with Crippen LogP contribution in [-0.4, -0.2) is 15.9 Å². The maximum Gasteiger partial charge on any atom is 0.267 e. The van der Waals surface area contributed by atoms with Gasteiger partial charge < -0.3 is 11.1 Å². The topological polar surface area (TPSA) is 68.0 Å². The Kier molecular flexibility index (Phi) is 4.37. The highest BCUT2D eigenvalue weighted by Gasteiger charge is 2.16. The first-order valence-corrected chi connectivity index (χ1v) is 7.33. The zero-order valence-corrected chi connectivity index (χ0v) is 13.2. The van der Waals surface area contributed by atoms with Gasteiger partial charge in [-0.2, -0.15) is 0 Å². The van der Waals surface area contributed by atoms with E-state index in [1.54, 1.807) is 25.1 Å². The Labute approximate surface area is 131 Å². The molecule has 4 nitrogen and oxygen atoms in total. The number of rotatable bonds is 3. The van der Waals surface area contributed by atoms with Crippen LogP contribution >= 0.6 is 35.2 Å². The van der Waals surface area contributed by atoms with Crippen molar-refractivity contribution < 1.29 is 4.79 Å². The van der Waals surface area contributed by atoms with Crippen LogP contribution in [0.3, 0.4) is 0 Å². The molecular formula is C13H12ClN3OS2. The van der Waals surface area contributed by atoms with Crippen molar-refractivity contribution in [3.8, 4) is 0 Å². The van der Waals surface area contributed by atoms with Crippen LogP contribution in [0.2, 0.25) is 5.02 Å². The van der Waals surface area contributed by atoms with Gasteiger partial charge >= 0.3 is 0 Å². The number of carbonyl (C=O) groups is 1. The SMILES string of the molecule is Cc1nc(C)c(C(=O)Nc2cc(Cl)ccc2C(N)=S)s1. The lowest BCUT2D eigenvalue weighted by Crippen LogP contribution is -2.17. The molecular weight excluding hydrogens is 314 g/mol. The van der Waals surface area contributed by atoms with E-state index < -0.39 is 0 Å². The summed E-state index contributed by atoms with van der Waals surface area (Å²) in [5.74, 6) is -0.243. The van der Waals surface area contributed by atoms with Crippen molar-refractivity contribution >= 4 is 51.7 Å². The Morgan fingerprint density at radius 2 is 2.15 bits per heavy atom. The second-order valence-corrected chi connectivity index (χ2v) is 6.24. The number of carbonyl (C=O) groups excluding carboxylic acids is 1. The van der Waals surface area contributed by atoms with Crippen LogP contribution in [0.5, 0.6) is 0 Å². The first kappa shape index (κ1) is 14.9. The van der Waals surface area contributed by atoms with E-state index in [-0.39, 0.29) is 10.9 Å². The summed E-state index contributed by atoms with van der Waals surface area (Å²) in [4.78, 5) is 17.3.